The predicted molar refractivity (Wildman–Crippen MR) is 75.2 cm³/mol. The van der Waals surface area contributed by atoms with Crippen LogP contribution in [0.3, 0.4) is 0 Å². The highest BCUT2D eigenvalue weighted by molar-refractivity contribution is 7.89. The first-order chi connectivity index (χ1) is 9.37. The fraction of sp³-hybridized carbons (Fsp3) is 0.500. The topological polar surface area (TPSA) is 92.6 Å². The number of benzene rings is 1. The molecular weight excluding hydrogens is 282 g/mol. The fourth-order valence-electron chi connectivity index (χ4n) is 1.98. The summed E-state index contributed by atoms with van der Waals surface area (Å²) in [6, 6.07) is 4.07. The zero-order chi connectivity index (χ0) is 14.9. The Morgan fingerprint density at radius 2 is 2.10 bits per heavy atom. The summed E-state index contributed by atoms with van der Waals surface area (Å²) in [7, 11) is -2.35. The van der Waals surface area contributed by atoms with Gasteiger partial charge < -0.3 is 5.32 Å². The third kappa shape index (κ3) is 2.75. The van der Waals surface area contributed by atoms with Gasteiger partial charge in [-0.05, 0) is 31.9 Å². The second-order valence-corrected chi connectivity index (χ2v) is 6.69. The summed E-state index contributed by atoms with van der Waals surface area (Å²) in [5, 5.41) is 14.1. The average molecular weight is 299 g/mol. The van der Waals surface area contributed by atoms with Crippen molar-refractivity contribution in [3.8, 4) is 0 Å². The third-order valence-electron chi connectivity index (χ3n) is 3.25. The van der Waals surface area contributed by atoms with E-state index in [-0.39, 0.29) is 10.9 Å². The zero-order valence-electron chi connectivity index (χ0n) is 11.4. The van der Waals surface area contributed by atoms with Crippen molar-refractivity contribution in [2.24, 2.45) is 0 Å². The van der Waals surface area contributed by atoms with Crippen LogP contribution in [-0.2, 0) is 10.0 Å². The fourth-order valence-corrected chi connectivity index (χ4v) is 3.53. The van der Waals surface area contributed by atoms with Crippen LogP contribution >= 0.6 is 0 Å². The SMILES string of the molecule is CCNc1ccc(S(=O)(=O)N(C)C2CC2)c([N+](=O)[O-])c1. The van der Waals surface area contributed by atoms with E-state index in [0.717, 1.165) is 12.8 Å². The molecule has 0 unspecified atom stereocenters. The highest BCUT2D eigenvalue weighted by Crippen LogP contribution is 2.34. The lowest BCUT2D eigenvalue weighted by atomic mass is 10.3. The van der Waals surface area contributed by atoms with Crippen molar-refractivity contribution in [1.29, 1.82) is 0 Å². The maximum absolute atomic E-state index is 12.4. The maximum atomic E-state index is 12.4. The average Bonchev–Trinajstić information content (AvgIpc) is 3.22. The number of nitro groups is 1. The Balaban J connectivity index is 2.47. The zero-order valence-corrected chi connectivity index (χ0v) is 12.2. The van der Waals surface area contributed by atoms with Crippen molar-refractivity contribution in [1.82, 2.24) is 4.31 Å². The lowest BCUT2D eigenvalue weighted by Gasteiger charge is -2.16. The molecule has 0 aliphatic heterocycles. The maximum Gasteiger partial charge on any atom is 0.291 e. The number of anilines is 1. The molecule has 7 nitrogen and oxygen atoms in total. The first kappa shape index (κ1) is 14.7. The second-order valence-electron chi connectivity index (χ2n) is 4.72. The Kier molecular flexibility index (Phi) is 3.96. The number of nitrogens with one attached hydrogen (secondary N) is 1. The van der Waals surface area contributed by atoms with Crippen molar-refractivity contribution < 1.29 is 13.3 Å². The predicted octanol–water partition coefficient (Wildman–Crippen LogP) is 1.81. The molecule has 1 aliphatic rings. The van der Waals surface area contributed by atoms with Crippen LogP contribution in [0.4, 0.5) is 11.4 Å². The summed E-state index contributed by atoms with van der Waals surface area (Å²) >= 11 is 0. The monoisotopic (exact) mass is 299 g/mol. The molecule has 1 fully saturated rings. The van der Waals surface area contributed by atoms with Crippen molar-refractivity contribution in [2.75, 3.05) is 18.9 Å². The van der Waals surface area contributed by atoms with Crippen LogP contribution < -0.4 is 5.32 Å². The quantitative estimate of drug-likeness (QED) is 0.638. The molecule has 1 aliphatic carbocycles. The number of rotatable bonds is 6. The van der Waals surface area contributed by atoms with Gasteiger partial charge in [0, 0.05) is 31.4 Å². The normalized spacial score (nSPS) is 15.3. The molecule has 0 spiro atoms. The Bertz CT molecular complexity index is 626. The molecule has 0 saturated heterocycles. The second kappa shape index (κ2) is 5.37. The molecular formula is C12H17N3O4S. The van der Waals surface area contributed by atoms with Gasteiger partial charge in [-0.2, -0.15) is 4.31 Å². The molecule has 0 aromatic heterocycles. The van der Waals surface area contributed by atoms with E-state index in [1.807, 2.05) is 6.92 Å². The Morgan fingerprint density at radius 3 is 2.60 bits per heavy atom. The molecule has 0 radical (unpaired) electrons. The van der Waals surface area contributed by atoms with E-state index in [1.54, 1.807) is 6.07 Å². The minimum atomic E-state index is -3.82. The molecule has 1 aromatic rings. The summed E-state index contributed by atoms with van der Waals surface area (Å²) in [6.07, 6.45) is 1.61. The van der Waals surface area contributed by atoms with E-state index in [1.165, 1.54) is 23.5 Å². The summed E-state index contributed by atoms with van der Waals surface area (Å²) in [6.45, 7) is 2.46. The molecule has 0 atom stereocenters. The van der Waals surface area contributed by atoms with Gasteiger partial charge in [0.05, 0.1) is 4.92 Å². The van der Waals surface area contributed by atoms with Gasteiger partial charge in [0.2, 0.25) is 10.0 Å². The smallest absolute Gasteiger partial charge is 0.291 e. The molecule has 0 bridgehead atoms. The first-order valence-electron chi connectivity index (χ1n) is 6.38. The van der Waals surface area contributed by atoms with Gasteiger partial charge in [-0.1, -0.05) is 0 Å². The minimum absolute atomic E-state index is 0.0342. The summed E-state index contributed by atoms with van der Waals surface area (Å²) in [5.74, 6) is 0. The van der Waals surface area contributed by atoms with Gasteiger partial charge in [0.1, 0.15) is 0 Å². The van der Waals surface area contributed by atoms with Crippen molar-refractivity contribution >= 4 is 21.4 Å². The van der Waals surface area contributed by atoms with Gasteiger partial charge in [-0.3, -0.25) is 10.1 Å². The Labute approximate surface area is 117 Å². The first-order valence-corrected chi connectivity index (χ1v) is 7.82. The van der Waals surface area contributed by atoms with Crippen molar-refractivity contribution in [3.63, 3.8) is 0 Å². The Hall–Kier alpha value is -1.67. The minimum Gasteiger partial charge on any atom is -0.385 e. The molecule has 1 N–H and O–H groups in total. The van der Waals surface area contributed by atoms with Crippen LogP contribution in [0.2, 0.25) is 0 Å². The number of sulfonamides is 1. The third-order valence-corrected chi connectivity index (χ3v) is 5.21. The lowest BCUT2D eigenvalue weighted by Crippen LogP contribution is -2.29. The van der Waals surface area contributed by atoms with Gasteiger partial charge in [0.15, 0.2) is 4.90 Å². The number of nitro benzene ring substituents is 1. The van der Waals surface area contributed by atoms with Crippen molar-refractivity contribution in [3.05, 3.63) is 28.3 Å². The summed E-state index contributed by atoms with van der Waals surface area (Å²) in [4.78, 5) is 10.2. The Morgan fingerprint density at radius 1 is 1.45 bits per heavy atom. The van der Waals surface area contributed by atoms with E-state index in [0.29, 0.717) is 12.2 Å². The molecule has 0 amide bonds. The van der Waals surface area contributed by atoms with Crippen LogP contribution in [-0.4, -0.2) is 37.3 Å². The van der Waals surface area contributed by atoms with E-state index < -0.39 is 20.6 Å². The highest BCUT2D eigenvalue weighted by Gasteiger charge is 2.38. The van der Waals surface area contributed by atoms with E-state index in [2.05, 4.69) is 5.32 Å². The molecule has 1 saturated carbocycles. The highest BCUT2D eigenvalue weighted by atomic mass is 32.2. The summed E-state index contributed by atoms with van der Waals surface area (Å²) < 4.78 is 26.0. The number of hydrogen-bond acceptors (Lipinski definition) is 5. The van der Waals surface area contributed by atoms with Crippen molar-refractivity contribution in [2.45, 2.75) is 30.7 Å². The number of hydrogen-bond donors (Lipinski definition) is 1. The lowest BCUT2D eigenvalue weighted by molar-refractivity contribution is -0.387. The molecule has 2 rings (SSSR count). The van der Waals surface area contributed by atoms with Crippen LogP contribution in [0.15, 0.2) is 23.1 Å². The van der Waals surface area contributed by atoms with Gasteiger partial charge in [-0.15, -0.1) is 0 Å². The number of nitrogens with zero attached hydrogens (tertiary/aromatic N) is 2. The van der Waals surface area contributed by atoms with Crippen LogP contribution in [0.25, 0.3) is 0 Å². The van der Waals surface area contributed by atoms with Crippen LogP contribution in [0.1, 0.15) is 19.8 Å². The van der Waals surface area contributed by atoms with Gasteiger partial charge in [-0.25, -0.2) is 8.42 Å². The van der Waals surface area contributed by atoms with E-state index >= 15 is 0 Å². The standard InChI is InChI=1S/C12H17N3O4S/c1-3-13-9-4-7-12(11(8-9)15(16)17)20(18,19)14(2)10-5-6-10/h4,7-8,10,13H,3,5-6H2,1-2H3. The van der Waals surface area contributed by atoms with Crippen LogP contribution in [0, 0.1) is 10.1 Å². The van der Waals surface area contributed by atoms with E-state index in [4.69, 9.17) is 0 Å². The largest absolute Gasteiger partial charge is 0.385 e. The summed E-state index contributed by atoms with van der Waals surface area (Å²) in [5.41, 5.74) is 0.142. The molecule has 1 aromatic carbocycles. The molecule has 8 heteroatoms. The van der Waals surface area contributed by atoms with E-state index in [9.17, 15) is 18.5 Å². The van der Waals surface area contributed by atoms with Crippen LogP contribution in [0.5, 0.6) is 0 Å². The van der Waals surface area contributed by atoms with Gasteiger partial charge in [0.25, 0.3) is 5.69 Å². The van der Waals surface area contributed by atoms with Gasteiger partial charge >= 0.3 is 0 Å². The molecule has 0 heterocycles. The molecule has 110 valence electrons. The molecule has 20 heavy (non-hydrogen) atoms.